The van der Waals surface area contributed by atoms with Gasteiger partial charge in [0.2, 0.25) is 0 Å². The van der Waals surface area contributed by atoms with Gasteiger partial charge in [-0.2, -0.15) is 0 Å². The fraction of sp³-hybridized carbons (Fsp3) is 0.692. The van der Waals surface area contributed by atoms with Crippen molar-refractivity contribution in [2.24, 2.45) is 5.92 Å². The molecule has 0 rings (SSSR count). The second kappa shape index (κ2) is 20.2. The lowest BCUT2D eigenvalue weighted by Gasteiger charge is -2.02. The van der Waals surface area contributed by atoms with Gasteiger partial charge in [-0.25, -0.2) is 0 Å². The molecule has 0 spiro atoms. The van der Waals surface area contributed by atoms with Crippen molar-refractivity contribution in [1.82, 2.24) is 0 Å². The molecule has 0 saturated heterocycles. The second-order valence-electron chi connectivity index (χ2n) is 4.08. The van der Waals surface area contributed by atoms with Crippen molar-refractivity contribution in [2.45, 2.75) is 48.0 Å². The summed E-state index contributed by atoms with van der Waals surface area (Å²) in [6.45, 7) is 9.44. The van der Waals surface area contributed by atoms with Gasteiger partial charge in [-0.15, -0.1) is 0 Å². The molecule has 0 bridgehead atoms. The summed E-state index contributed by atoms with van der Waals surface area (Å²) < 4.78 is 4.71. The van der Waals surface area contributed by atoms with Crippen LogP contribution in [0.2, 0.25) is 0 Å². The van der Waals surface area contributed by atoms with Gasteiger partial charge in [0, 0.05) is 27.7 Å². The molecule has 0 fully saturated rings. The third kappa shape index (κ3) is 300. The molecule has 0 aliphatic carbocycles. The van der Waals surface area contributed by atoms with E-state index in [0.717, 1.165) is 27.2 Å². The molecule has 8 heteroatoms. The Morgan fingerprint density at radius 1 is 0.810 bits per heavy atom. The van der Waals surface area contributed by atoms with E-state index in [-0.39, 0.29) is 5.97 Å². The van der Waals surface area contributed by atoms with E-state index in [4.69, 9.17) is 34.4 Å². The zero-order valence-corrected chi connectivity index (χ0v) is 13.4. The van der Waals surface area contributed by atoms with Crippen LogP contribution in [0.4, 0.5) is 0 Å². The monoisotopic (exact) mass is 310 g/mol. The van der Waals surface area contributed by atoms with Gasteiger partial charge in [0.25, 0.3) is 17.9 Å². The molecule has 0 amide bonds. The van der Waals surface area contributed by atoms with Gasteiger partial charge < -0.3 is 20.1 Å². The Balaban J connectivity index is -0.000000102. The molecule has 8 nitrogen and oxygen atoms in total. The average molecular weight is 310 g/mol. The Hall–Kier alpha value is -2.12. The average Bonchev–Trinajstić information content (AvgIpc) is 2.12. The SMILES string of the molecule is CC(=O)O.CC(=O)O.CC(=O)O.CC(=O)OCCC(C)C. The van der Waals surface area contributed by atoms with Gasteiger partial charge >= 0.3 is 5.97 Å². The molecule has 0 saturated carbocycles. The molecule has 0 aliphatic rings. The van der Waals surface area contributed by atoms with Gasteiger partial charge in [-0.05, 0) is 12.3 Å². The molecule has 0 aromatic rings. The van der Waals surface area contributed by atoms with E-state index in [2.05, 4.69) is 13.8 Å². The summed E-state index contributed by atoms with van der Waals surface area (Å²) in [6, 6.07) is 0. The van der Waals surface area contributed by atoms with Crippen LogP contribution in [-0.2, 0) is 23.9 Å². The molecule has 3 N–H and O–H groups in total. The molecule has 0 radical (unpaired) electrons. The van der Waals surface area contributed by atoms with Crippen LogP contribution in [-0.4, -0.2) is 45.8 Å². The van der Waals surface area contributed by atoms with Gasteiger partial charge in [0.05, 0.1) is 6.61 Å². The number of hydrogen-bond acceptors (Lipinski definition) is 5. The van der Waals surface area contributed by atoms with Crippen LogP contribution in [0.15, 0.2) is 0 Å². The van der Waals surface area contributed by atoms with Crippen molar-refractivity contribution in [3.63, 3.8) is 0 Å². The Morgan fingerprint density at radius 3 is 1.19 bits per heavy atom. The highest BCUT2D eigenvalue weighted by molar-refractivity contribution is 5.65. The van der Waals surface area contributed by atoms with Crippen molar-refractivity contribution < 1.29 is 39.2 Å². The molecule has 126 valence electrons. The standard InChI is InChI=1S/C7H14O2.3C2H4O2/c1-6(2)4-5-9-7(3)8;3*1-2(3)4/h6H,4-5H2,1-3H3;3*1H3,(H,3,4). The summed E-state index contributed by atoms with van der Waals surface area (Å²) in [6.07, 6.45) is 0.958. The Kier molecular flexibility index (Phi) is 26.2. The number of aliphatic carboxylic acids is 3. The number of rotatable bonds is 3. The Bertz CT molecular complexity index is 256. The number of carbonyl (C=O) groups is 4. The molecule has 0 aromatic carbocycles. The number of esters is 1. The van der Waals surface area contributed by atoms with Crippen LogP contribution in [0, 0.1) is 5.92 Å². The molecule has 0 aromatic heterocycles. The quantitative estimate of drug-likeness (QED) is 0.671. The van der Waals surface area contributed by atoms with Gasteiger partial charge in [0.1, 0.15) is 0 Å². The number of carbonyl (C=O) groups excluding carboxylic acids is 1. The lowest BCUT2D eigenvalue weighted by Crippen LogP contribution is -2.02. The molecular formula is C13H26O8. The van der Waals surface area contributed by atoms with Crippen molar-refractivity contribution in [1.29, 1.82) is 0 Å². The maximum absolute atomic E-state index is 10.2. The van der Waals surface area contributed by atoms with E-state index in [9.17, 15) is 4.79 Å². The largest absolute Gasteiger partial charge is 0.481 e. The van der Waals surface area contributed by atoms with Crippen molar-refractivity contribution >= 4 is 23.9 Å². The highest BCUT2D eigenvalue weighted by atomic mass is 16.5. The minimum Gasteiger partial charge on any atom is -0.481 e. The summed E-state index contributed by atoms with van der Waals surface area (Å²) in [5, 5.41) is 22.2. The third-order valence-electron chi connectivity index (χ3n) is 1.00. The second-order valence-corrected chi connectivity index (χ2v) is 4.08. The van der Waals surface area contributed by atoms with E-state index in [1.54, 1.807) is 0 Å². The minimum atomic E-state index is -0.833. The van der Waals surface area contributed by atoms with E-state index < -0.39 is 17.9 Å². The molecule has 21 heavy (non-hydrogen) atoms. The summed E-state index contributed by atoms with van der Waals surface area (Å²) in [4.78, 5) is 37.2. The minimum absolute atomic E-state index is 0.185. The van der Waals surface area contributed by atoms with E-state index >= 15 is 0 Å². The third-order valence-corrected chi connectivity index (χ3v) is 1.00. The first-order valence-corrected chi connectivity index (χ1v) is 6.04. The van der Waals surface area contributed by atoms with Crippen LogP contribution >= 0.6 is 0 Å². The van der Waals surface area contributed by atoms with Crippen molar-refractivity contribution in [3.05, 3.63) is 0 Å². The number of carboxylic acids is 3. The van der Waals surface area contributed by atoms with E-state index in [0.29, 0.717) is 12.5 Å². The number of hydrogen-bond donors (Lipinski definition) is 3. The summed E-state index contributed by atoms with van der Waals surface area (Å²) >= 11 is 0. The predicted molar refractivity (Wildman–Crippen MR) is 76.0 cm³/mol. The van der Waals surface area contributed by atoms with Gasteiger partial charge in [0.15, 0.2) is 0 Å². The lowest BCUT2D eigenvalue weighted by molar-refractivity contribution is -0.141. The van der Waals surface area contributed by atoms with Crippen molar-refractivity contribution in [3.8, 4) is 0 Å². The fourth-order valence-corrected chi connectivity index (χ4v) is 0.438. The van der Waals surface area contributed by atoms with Crippen molar-refractivity contribution in [2.75, 3.05) is 6.61 Å². The predicted octanol–water partition coefficient (Wildman–Crippen LogP) is 1.87. The first kappa shape index (κ1) is 27.3. The fourth-order valence-electron chi connectivity index (χ4n) is 0.438. The van der Waals surface area contributed by atoms with Crippen LogP contribution < -0.4 is 0 Å². The van der Waals surface area contributed by atoms with E-state index in [1.807, 2.05) is 0 Å². The smallest absolute Gasteiger partial charge is 0.302 e. The number of carboxylic acid groups (broad SMARTS) is 3. The maximum Gasteiger partial charge on any atom is 0.302 e. The maximum atomic E-state index is 10.2. The van der Waals surface area contributed by atoms with Gasteiger partial charge in [-0.3, -0.25) is 19.2 Å². The summed E-state index contributed by atoms with van der Waals surface area (Å²) in [5.41, 5.74) is 0. The topological polar surface area (TPSA) is 138 Å². The van der Waals surface area contributed by atoms with Crippen LogP contribution in [0.5, 0.6) is 0 Å². The molecule has 0 heterocycles. The highest BCUT2D eigenvalue weighted by Gasteiger charge is 1.94. The molecular weight excluding hydrogens is 284 g/mol. The summed E-state index contributed by atoms with van der Waals surface area (Å²) in [5.74, 6) is -2.07. The molecule has 0 aliphatic heterocycles. The normalized spacial score (nSPS) is 7.76. The van der Waals surface area contributed by atoms with Crippen LogP contribution in [0.25, 0.3) is 0 Å². The molecule has 0 atom stereocenters. The number of ether oxygens (including phenoxy) is 1. The van der Waals surface area contributed by atoms with Crippen LogP contribution in [0.3, 0.4) is 0 Å². The summed E-state index contributed by atoms with van der Waals surface area (Å²) in [7, 11) is 0. The first-order valence-electron chi connectivity index (χ1n) is 6.04. The van der Waals surface area contributed by atoms with Crippen LogP contribution in [0.1, 0.15) is 48.0 Å². The zero-order chi connectivity index (χ0) is 18.0. The van der Waals surface area contributed by atoms with E-state index in [1.165, 1.54) is 6.92 Å². The Labute approximate surface area is 124 Å². The lowest BCUT2D eigenvalue weighted by atomic mass is 10.1. The molecule has 0 unspecified atom stereocenters. The highest BCUT2D eigenvalue weighted by Crippen LogP contribution is 1.98. The van der Waals surface area contributed by atoms with Gasteiger partial charge in [-0.1, -0.05) is 13.8 Å². The zero-order valence-electron chi connectivity index (χ0n) is 13.4. The first-order chi connectivity index (χ1) is 9.32. The Morgan fingerprint density at radius 2 is 1.05 bits per heavy atom.